The average molecular weight is 287 g/mol. The predicted octanol–water partition coefficient (Wildman–Crippen LogP) is 2.44. The summed E-state index contributed by atoms with van der Waals surface area (Å²) in [5, 5.41) is 11.7. The third-order valence-corrected chi connectivity index (χ3v) is 3.63. The molecule has 0 aliphatic heterocycles. The molecule has 1 aliphatic rings. The molecule has 0 bridgehead atoms. The first-order valence-electron chi connectivity index (χ1n) is 6.56. The Morgan fingerprint density at radius 3 is 2.35 bits per heavy atom. The molecule has 0 aromatic heterocycles. The Bertz CT molecular complexity index is 480. The molecule has 20 heavy (non-hydrogen) atoms. The zero-order valence-corrected chi connectivity index (χ0v) is 10.8. The fraction of sp³-hybridized carbons (Fsp3) is 0.500. The van der Waals surface area contributed by atoms with E-state index in [2.05, 4.69) is 5.32 Å². The maximum Gasteiger partial charge on any atom is 0.220 e. The van der Waals surface area contributed by atoms with Crippen molar-refractivity contribution in [2.75, 3.05) is 6.61 Å². The number of halogens is 3. The van der Waals surface area contributed by atoms with Gasteiger partial charge in [-0.1, -0.05) is 6.42 Å². The molecular formula is C14H16F3NO2. The third-order valence-electron chi connectivity index (χ3n) is 3.63. The molecule has 1 fully saturated rings. The van der Waals surface area contributed by atoms with Crippen LogP contribution in [0.3, 0.4) is 0 Å². The molecule has 0 heterocycles. The molecular weight excluding hydrogens is 271 g/mol. The molecule has 0 saturated heterocycles. The van der Waals surface area contributed by atoms with E-state index in [1.807, 2.05) is 0 Å². The second kappa shape index (κ2) is 6.26. The van der Waals surface area contributed by atoms with Crippen LogP contribution in [-0.4, -0.2) is 17.6 Å². The maximum absolute atomic E-state index is 13.1. The molecule has 1 unspecified atom stereocenters. The van der Waals surface area contributed by atoms with E-state index in [-0.39, 0.29) is 11.5 Å². The van der Waals surface area contributed by atoms with Gasteiger partial charge in [-0.25, -0.2) is 13.2 Å². The zero-order chi connectivity index (χ0) is 14.7. The SMILES string of the molecule is O=C(CC1CCC1)NC(CO)c1cc(F)c(F)c(F)c1. The quantitative estimate of drug-likeness (QED) is 0.817. The average Bonchev–Trinajstić information content (AvgIpc) is 2.37. The van der Waals surface area contributed by atoms with Crippen LogP contribution in [0.4, 0.5) is 13.2 Å². The maximum atomic E-state index is 13.1. The Labute approximate surface area is 114 Å². The van der Waals surface area contributed by atoms with Crippen molar-refractivity contribution in [3.8, 4) is 0 Å². The molecule has 1 aromatic carbocycles. The third kappa shape index (κ3) is 3.30. The van der Waals surface area contributed by atoms with E-state index < -0.39 is 30.1 Å². The van der Waals surface area contributed by atoms with E-state index >= 15 is 0 Å². The largest absolute Gasteiger partial charge is 0.394 e. The van der Waals surface area contributed by atoms with E-state index in [0.717, 1.165) is 31.4 Å². The van der Waals surface area contributed by atoms with Gasteiger partial charge in [0.2, 0.25) is 5.91 Å². The molecule has 0 spiro atoms. The van der Waals surface area contributed by atoms with Crippen LogP contribution in [0, 0.1) is 23.4 Å². The fourth-order valence-corrected chi connectivity index (χ4v) is 2.22. The Balaban J connectivity index is 2.05. The normalized spacial score (nSPS) is 16.6. The van der Waals surface area contributed by atoms with Crippen molar-refractivity contribution in [3.05, 3.63) is 35.1 Å². The number of amides is 1. The van der Waals surface area contributed by atoms with Crippen molar-refractivity contribution in [1.29, 1.82) is 0 Å². The van der Waals surface area contributed by atoms with Gasteiger partial charge in [0, 0.05) is 6.42 Å². The van der Waals surface area contributed by atoms with Gasteiger partial charge in [-0.05, 0) is 36.5 Å². The number of hydrogen-bond acceptors (Lipinski definition) is 2. The Morgan fingerprint density at radius 2 is 1.90 bits per heavy atom. The summed E-state index contributed by atoms with van der Waals surface area (Å²) in [5.41, 5.74) is 0.00543. The van der Waals surface area contributed by atoms with Gasteiger partial charge in [-0.2, -0.15) is 0 Å². The molecule has 1 aliphatic carbocycles. The number of rotatable bonds is 5. The highest BCUT2D eigenvalue weighted by Gasteiger charge is 2.23. The van der Waals surface area contributed by atoms with Crippen LogP contribution < -0.4 is 5.32 Å². The van der Waals surface area contributed by atoms with Gasteiger partial charge in [-0.15, -0.1) is 0 Å². The van der Waals surface area contributed by atoms with Crippen molar-refractivity contribution in [3.63, 3.8) is 0 Å². The smallest absolute Gasteiger partial charge is 0.220 e. The van der Waals surface area contributed by atoms with E-state index in [0.29, 0.717) is 12.3 Å². The van der Waals surface area contributed by atoms with Crippen LogP contribution in [0.15, 0.2) is 12.1 Å². The minimum Gasteiger partial charge on any atom is -0.394 e. The molecule has 1 amide bonds. The summed E-state index contributed by atoms with van der Waals surface area (Å²) in [6.07, 6.45) is 3.44. The van der Waals surface area contributed by atoms with Crippen molar-refractivity contribution < 1.29 is 23.1 Å². The van der Waals surface area contributed by atoms with Gasteiger partial charge in [0.05, 0.1) is 12.6 Å². The monoisotopic (exact) mass is 287 g/mol. The number of aliphatic hydroxyl groups is 1. The molecule has 110 valence electrons. The summed E-state index contributed by atoms with van der Waals surface area (Å²) in [7, 11) is 0. The summed E-state index contributed by atoms with van der Waals surface area (Å²) in [5.74, 6) is -4.18. The number of hydrogen-bond donors (Lipinski definition) is 2. The van der Waals surface area contributed by atoms with Crippen molar-refractivity contribution in [2.24, 2.45) is 5.92 Å². The van der Waals surface area contributed by atoms with Crippen molar-refractivity contribution in [1.82, 2.24) is 5.32 Å². The first-order valence-corrected chi connectivity index (χ1v) is 6.56. The van der Waals surface area contributed by atoms with E-state index in [4.69, 9.17) is 0 Å². The first-order chi connectivity index (χ1) is 9.51. The van der Waals surface area contributed by atoms with Gasteiger partial charge in [0.25, 0.3) is 0 Å². The minimum atomic E-state index is -1.56. The first kappa shape index (κ1) is 14.8. The molecule has 1 atom stereocenters. The van der Waals surface area contributed by atoms with Crippen molar-refractivity contribution >= 4 is 5.91 Å². The summed E-state index contributed by atoms with van der Waals surface area (Å²) in [4.78, 5) is 11.7. The highest BCUT2D eigenvalue weighted by molar-refractivity contribution is 5.76. The van der Waals surface area contributed by atoms with Gasteiger partial charge in [-0.3, -0.25) is 4.79 Å². The minimum absolute atomic E-state index is 0.00543. The van der Waals surface area contributed by atoms with E-state index in [9.17, 15) is 23.1 Å². The summed E-state index contributed by atoms with van der Waals surface area (Å²) < 4.78 is 39.1. The van der Waals surface area contributed by atoms with E-state index in [1.54, 1.807) is 0 Å². The number of benzene rings is 1. The molecule has 2 rings (SSSR count). The summed E-state index contributed by atoms with van der Waals surface area (Å²) in [6.45, 7) is -0.513. The highest BCUT2D eigenvalue weighted by Crippen LogP contribution is 2.29. The highest BCUT2D eigenvalue weighted by atomic mass is 19.2. The van der Waals surface area contributed by atoms with E-state index in [1.165, 1.54) is 0 Å². The summed E-state index contributed by atoms with van der Waals surface area (Å²) in [6, 6.07) is 0.624. The van der Waals surface area contributed by atoms with Gasteiger partial charge >= 0.3 is 0 Å². The lowest BCUT2D eigenvalue weighted by Crippen LogP contribution is -2.33. The van der Waals surface area contributed by atoms with Gasteiger partial charge in [0.15, 0.2) is 17.5 Å². The second-order valence-corrected chi connectivity index (χ2v) is 5.10. The molecule has 3 nitrogen and oxygen atoms in total. The lowest BCUT2D eigenvalue weighted by molar-refractivity contribution is -0.123. The molecule has 6 heteroatoms. The fourth-order valence-electron chi connectivity index (χ4n) is 2.22. The van der Waals surface area contributed by atoms with Crippen LogP contribution in [0.25, 0.3) is 0 Å². The number of carbonyl (C=O) groups excluding carboxylic acids is 1. The molecule has 0 radical (unpaired) electrons. The van der Waals surface area contributed by atoms with Crippen LogP contribution in [0.5, 0.6) is 0 Å². The lowest BCUT2D eigenvalue weighted by Gasteiger charge is -2.26. The molecule has 1 saturated carbocycles. The summed E-state index contributed by atoms with van der Waals surface area (Å²) >= 11 is 0. The van der Waals surface area contributed by atoms with Crippen LogP contribution in [0.2, 0.25) is 0 Å². The van der Waals surface area contributed by atoms with Crippen LogP contribution >= 0.6 is 0 Å². The zero-order valence-electron chi connectivity index (χ0n) is 10.8. The Morgan fingerprint density at radius 1 is 1.30 bits per heavy atom. The van der Waals surface area contributed by atoms with Crippen LogP contribution in [-0.2, 0) is 4.79 Å². The van der Waals surface area contributed by atoms with Gasteiger partial charge in [0.1, 0.15) is 0 Å². The number of aliphatic hydroxyl groups excluding tert-OH is 1. The Kier molecular flexibility index (Phi) is 4.65. The predicted molar refractivity (Wildman–Crippen MR) is 66.2 cm³/mol. The van der Waals surface area contributed by atoms with Crippen LogP contribution in [0.1, 0.15) is 37.3 Å². The topological polar surface area (TPSA) is 49.3 Å². The number of carbonyl (C=O) groups is 1. The van der Waals surface area contributed by atoms with Gasteiger partial charge < -0.3 is 10.4 Å². The number of nitrogens with one attached hydrogen (secondary N) is 1. The lowest BCUT2D eigenvalue weighted by atomic mass is 9.83. The van der Waals surface area contributed by atoms with Crippen molar-refractivity contribution in [2.45, 2.75) is 31.7 Å². The standard InChI is InChI=1S/C14H16F3NO2/c15-10-5-9(6-11(16)14(10)17)12(7-19)18-13(20)4-8-2-1-3-8/h5-6,8,12,19H,1-4,7H2,(H,18,20). The molecule has 2 N–H and O–H groups in total. The second-order valence-electron chi connectivity index (χ2n) is 5.10. The Hall–Kier alpha value is -1.56. The molecule has 1 aromatic rings.